The van der Waals surface area contributed by atoms with Crippen molar-refractivity contribution in [3.8, 4) is 0 Å². The van der Waals surface area contributed by atoms with Gasteiger partial charge in [0.2, 0.25) is 0 Å². The van der Waals surface area contributed by atoms with Crippen LogP contribution in [-0.2, 0) is 25.4 Å². The maximum atomic E-state index is 12.4. The van der Waals surface area contributed by atoms with E-state index in [0.717, 1.165) is 30.9 Å². The van der Waals surface area contributed by atoms with Gasteiger partial charge in [-0.1, -0.05) is 32.9 Å². The average Bonchev–Trinajstić information content (AvgIpc) is 3.37. The van der Waals surface area contributed by atoms with Crippen LogP contribution in [0.2, 0.25) is 0 Å². The van der Waals surface area contributed by atoms with E-state index in [1.54, 1.807) is 0 Å². The number of aromatic nitrogens is 2. The van der Waals surface area contributed by atoms with Crippen molar-refractivity contribution in [3.63, 3.8) is 0 Å². The van der Waals surface area contributed by atoms with Crippen molar-refractivity contribution in [3.05, 3.63) is 53.3 Å². The number of ether oxygens (including phenoxy) is 4. The van der Waals surface area contributed by atoms with Gasteiger partial charge in [-0.25, -0.2) is 0 Å². The molecule has 1 heterocycles. The molecule has 8 nitrogen and oxygen atoms in total. The summed E-state index contributed by atoms with van der Waals surface area (Å²) in [6, 6.07) is 7.77. The van der Waals surface area contributed by atoms with E-state index in [9.17, 15) is 4.79 Å². The van der Waals surface area contributed by atoms with Gasteiger partial charge in [-0.15, -0.1) is 0 Å². The molecule has 0 saturated carbocycles. The van der Waals surface area contributed by atoms with Gasteiger partial charge in [0.15, 0.2) is 0 Å². The second-order valence-electron chi connectivity index (χ2n) is 9.22. The predicted octanol–water partition coefficient (Wildman–Crippen LogP) is 4.29. The van der Waals surface area contributed by atoms with Crippen LogP contribution in [0.5, 0.6) is 0 Å². The fourth-order valence-electron chi connectivity index (χ4n) is 3.53. The quantitative estimate of drug-likeness (QED) is 0.272. The van der Waals surface area contributed by atoms with Gasteiger partial charge >= 0.3 is 0 Å². The van der Waals surface area contributed by atoms with Crippen molar-refractivity contribution in [2.45, 2.75) is 53.0 Å². The summed E-state index contributed by atoms with van der Waals surface area (Å²) in [6.45, 7) is 13.6. The molecule has 2 rings (SSSR count). The minimum Gasteiger partial charge on any atom is -0.379 e. The van der Waals surface area contributed by atoms with E-state index < -0.39 is 0 Å². The van der Waals surface area contributed by atoms with Crippen LogP contribution < -0.4 is 5.32 Å². The molecule has 0 aliphatic heterocycles. The third-order valence-electron chi connectivity index (χ3n) is 5.83. The zero-order chi connectivity index (χ0) is 26.0. The Bertz CT molecular complexity index is 838. The summed E-state index contributed by atoms with van der Waals surface area (Å²) in [5, 5.41) is 7.32. The molecule has 0 spiro atoms. The molecule has 8 heteroatoms. The second-order valence-corrected chi connectivity index (χ2v) is 9.22. The number of nitrogens with one attached hydrogen (secondary N) is 1. The van der Waals surface area contributed by atoms with E-state index in [0.29, 0.717) is 58.4 Å². The van der Waals surface area contributed by atoms with E-state index in [4.69, 9.17) is 18.9 Å². The summed E-state index contributed by atoms with van der Waals surface area (Å²) >= 11 is 0. The summed E-state index contributed by atoms with van der Waals surface area (Å²) in [5.41, 5.74) is 2.95. The molecule has 202 valence electrons. The van der Waals surface area contributed by atoms with Crippen molar-refractivity contribution in [2.75, 3.05) is 59.4 Å². The van der Waals surface area contributed by atoms with Crippen LogP contribution in [0.1, 0.15) is 68.1 Å². The Morgan fingerprint density at radius 1 is 0.889 bits per heavy atom. The molecule has 1 aromatic heterocycles. The lowest BCUT2D eigenvalue weighted by Crippen LogP contribution is -2.27. The maximum absolute atomic E-state index is 12.4. The van der Waals surface area contributed by atoms with Crippen LogP contribution in [0.15, 0.2) is 36.7 Å². The topological polar surface area (TPSA) is 83.8 Å². The fourth-order valence-corrected chi connectivity index (χ4v) is 3.53. The number of rotatable bonds is 20. The standard InChI is InChI=1S/C28H45N3O5/c1-5-25-21-30-31(22-25)24(4)26-8-10-27(11-9-26)28(32)29-12-14-34-16-18-36-20-19-35-17-15-33-13-6-7-23(2)3/h8-11,21-24H,5-7,12-20H2,1-4H3,(H,29,32). The van der Waals surface area contributed by atoms with Crippen molar-refractivity contribution in [1.29, 1.82) is 0 Å². The van der Waals surface area contributed by atoms with E-state index in [1.165, 1.54) is 12.0 Å². The van der Waals surface area contributed by atoms with Crippen LogP contribution in [-0.4, -0.2) is 75.1 Å². The van der Waals surface area contributed by atoms with Gasteiger partial charge in [-0.05, 0) is 55.4 Å². The van der Waals surface area contributed by atoms with Crippen molar-refractivity contribution < 1.29 is 23.7 Å². The molecule has 1 atom stereocenters. The van der Waals surface area contributed by atoms with Crippen molar-refractivity contribution in [1.82, 2.24) is 15.1 Å². The SMILES string of the molecule is CCc1cnn(C(C)c2ccc(C(=O)NCCOCCOCCOCCOCCCC(C)C)cc2)c1. The van der Waals surface area contributed by atoms with Gasteiger partial charge in [0.05, 0.1) is 58.5 Å². The molecule has 0 saturated heterocycles. The third kappa shape index (κ3) is 12.1. The number of hydrogen-bond acceptors (Lipinski definition) is 6. The van der Waals surface area contributed by atoms with Crippen molar-refractivity contribution in [2.24, 2.45) is 5.92 Å². The molecule has 0 radical (unpaired) electrons. The first-order chi connectivity index (χ1) is 17.5. The van der Waals surface area contributed by atoms with Gasteiger partial charge in [-0.3, -0.25) is 9.48 Å². The lowest BCUT2D eigenvalue weighted by atomic mass is 10.1. The van der Waals surface area contributed by atoms with Crippen molar-refractivity contribution >= 4 is 5.91 Å². The summed E-state index contributed by atoms with van der Waals surface area (Å²) in [6.07, 6.45) is 7.23. The maximum Gasteiger partial charge on any atom is 0.251 e. The number of hydrogen-bond donors (Lipinski definition) is 1. The summed E-state index contributed by atoms with van der Waals surface area (Å²) in [4.78, 5) is 12.4. The lowest BCUT2D eigenvalue weighted by Gasteiger charge is -2.13. The molecule has 0 aliphatic rings. The molecule has 1 N–H and O–H groups in total. The Balaban J connectivity index is 1.45. The van der Waals surface area contributed by atoms with E-state index in [2.05, 4.69) is 44.3 Å². The summed E-state index contributed by atoms with van der Waals surface area (Å²) in [5.74, 6) is 0.618. The lowest BCUT2D eigenvalue weighted by molar-refractivity contribution is -0.00189. The molecular weight excluding hydrogens is 458 g/mol. The van der Waals surface area contributed by atoms with E-state index >= 15 is 0 Å². The first kappa shape index (κ1) is 30.0. The molecule has 1 amide bonds. The van der Waals surface area contributed by atoms with Gasteiger partial charge in [0, 0.05) is 24.9 Å². The van der Waals surface area contributed by atoms with Crippen LogP contribution in [0, 0.1) is 5.92 Å². The minimum atomic E-state index is -0.109. The van der Waals surface area contributed by atoms with E-state index in [-0.39, 0.29) is 11.9 Å². The number of carbonyl (C=O) groups is 1. The zero-order valence-electron chi connectivity index (χ0n) is 22.5. The summed E-state index contributed by atoms with van der Waals surface area (Å²) < 4.78 is 24.0. The van der Waals surface area contributed by atoms with Gasteiger partial charge < -0.3 is 24.3 Å². The number of nitrogens with zero attached hydrogens (tertiary/aromatic N) is 2. The average molecular weight is 504 g/mol. The second kappa shape index (κ2) is 18.1. The molecule has 0 aliphatic carbocycles. The molecule has 36 heavy (non-hydrogen) atoms. The third-order valence-corrected chi connectivity index (χ3v) is 5.83. The van der Waals surface area contributed by atoms with Crippen LogP contribution in [0.25, 0.3) is 0 Å². The Morgan fingerprint density at radius 3 is 2.03 bits per heavy atom. The van der Waals surface area contributed by atoms with Gasteiger partial charge in [0.25, 0.3) is 5.91 Å². The Hall–Kier alpha value is -2.26. The highest BCUT2D eigenvalue weighted by Gasteiger charge is 2.11. The number of benzene rings is 1. The van der Waals surface area contributed by atoms with Crippen LogP contribution in [0.3, 0.4) is 0 Å². The Morgan fingerprint density at radius 2 is 1.47 bits per heavy atom. The van der Waals surface area contributed by atoms with Crippen LogP contribution >= 0.6 is 0 Å². The van der Waals surface area contributed by atoms with Crippen LogP contribution in [0.4, 0.5) is 0 Å². The smallest absolute Gasteiger partial charge is 0.251 e. The number of carbonyl (C=O) groups excluding carboxylic acids is 1. The molecular formula is C28H45N3O5. The Kier molecular flexibility index (Phi) is 15.0. The number of amides is 1. The zero-order valence-corrected chi connectivity index (χ0v) is 22.5. The normalized spacial score (nSPS) is 12.2. The molecule has 1 aromatic carbocycles. The molecule has 2 aromatic rings. The Labute approximate surface area is 216 Å². The first-order valence-corrected chi connectivity index (χ1v) is 13.2. The highest BCUT2D eigenvalue weighted by Crippen LogP contribution is 2.18. The largest absolute Gasteiger partial charge is 0.379 e. The summed E-state index contributed by atoms with van der Waals surface area (Å²) in [7, 11) is 0. The highest BCUT2D eigenvalue weighted by molar-refractivity contribution is 5.94. The monoisotopic (exact) mass is 503 g/mol. The van der Waals surface area contributed by atoms with E-state index in [1.807, 2.05) is 35.1 Å². The van der Waals surface area contributed by atoms with Gasteiger partial charge in [0.1, 0.15) is 0 Å². The van der Waals surface area contributed by atoms with Gasteiger partial charge in [-0.2, -0.15) is 5.10 Å². The fraction of sp³-hybridized carbons (Fsp3) is 0.643. The molecule has 0 bridgehead atoms. The number of aryl methyl sites for hydroxylation is 1. The first-order valence-electron chi connectivity index (χ1n) is 13.2. The highest BCUT2D eigenvalue weighted by atomic mass is 16.6. The minimum absolute atomic E-state index is 0.109. The predicted molar refractivity (Wildman–Crippen MR) is 142 cm³/mol. The molecule has 0 fully saturated rings. The molecule has 1 unspecified atom stereocenters.